The van der Waals surface area contributed by atoms with Gasteiger partial charge in [-0.1, -0.05) is 45.0 Å². The Morgan fingerprint density at radius 2 is 1.83 bits per heavy atom. The number of carbonyl (C=O) groups excluding carboxylic acids is 1. The minimum Gasteiger partial charge on any atom is -0.299 e. The molecule has 0 heterocycles. The van der Waals surface area contributed by atoms with Crippen molar-refractivity contribution in [1.29, 1.82) is 0 Å². The molecule has 0 radical (unpaired) electrons. The number of carbonyl (C=O) groups is 1. The van der Waals surface area contributed by atoms with Crippen LogP contribution in [-0.2, 0) is 16.6 Å². The summed E-state index contributed by atoms with van der Waals surface area (Å²) in [7, 11) is 0. The van der Waals surface area contributed by atoms with Crippen molar-refractivity contribution in [2.45, 2.75) is 58.3 Å². The van der Waals surface area contributed by atoms with E-state index in [0.29, 0.717) is 11.7 Å². The van der Waals surface area contributed by atoms with Crippen LogP contribution < -0.4 is 0 Å². The summed E-state index contributed by atoms with van der Waals surface area (Å²) in [5.41, 5.74) is 2.96. The van der Waals surface area contributed by atoms with Gasteiger partial charge in [0.25, 0.3) is 0 Å². The minimum atomic E-state index is 0.222. The fraction of sp³-hybridized carbons (Fsp3) is 0.588. The topological polar surface area (TPSA) is 17.1 Å². The predicted molar refractivity (Wildman–Crippen MR) is 75.8 cm³/mol. The zero-order valence-corrected chi connectivity index (χ0v) is 11.8. The lowest BCUT2D eigenvalue weighted by Gasteiger charge is -2.19. The molecule has 0 aliphatic heterocycles. The largest absolute Gasteiger partial charge is 0.299 e. The van der Waals surface area contributed by atoms with E-state index in [4.69, 9.17) is 0 Å². The normalized spacial score (nSPS) is 20.4. The molecule has 0 saturated heterocycles. The minimum absolute atomic E-state index is 0.222. The van der Waals surface area contributed by atoms with Crippen molar-refractivity contribution in [2.75, 3.05) is 0 Å². The second-order valence-corrected chi connectivity index (χ2v) is 6.54. The number of rotatable bonds is 3. The Morgan fingerprint density at radius 3 is 2.33 bits per heavy atom. The molecule has 1 aliphatic carbocycles. The first kappa shape index (κ1) is 13.3. The standard InChI is InChI=1S/C17H24O/c1-17(2,3)15-11-8-13(9-12-15)7-10-14-5-4-6-16(14)18/h8-9,11-12,14H,4-7,10H2,1-3H3. The molecule has 1 heteroatoms. The van der Waals surface area contributed by atoms with Gasteiger partial charge in [-0.05, 0) is 42.2 Å². The molecule has 0 bridgehead atoms. The average molecular weight is 244 g/mol. The fourth-order valence-electron chi connectivity index (χ4n) is 2.71. The van der Waals surface area contributed by atoms with E-state index < -0.39 is 0 Å². The molecular weight excluding hydrogens is 220 g/mol. The van der Waals surface area contributed by atoms with Crippen LogP contribution in [0.2, 0.25) is 0 Å². The molecule has 0 N–H and O–H groups in total. The van der Waals surface area contributed by atoms with Gasteiger partial charge in [0, 0.05) is 12.3 Å². The highest BCUT2D eigenvalue weighted by Gasteiger charge is 2.23. The van der Waals surface area contributed by atoms with E-state index in [9.17, 15) is 4.79 Å². The van der Waals surface area contributed by atoms with Crippen LogP contribution in [0.5, 0.6) is 0 Å². The number of aryl methyl sites for hydroxylation is 1. The lowest BCUT2D eigenvalue weighted by molar-refractivity contribution is -0.120. The first-order chi connectivity index (χ1) is 8.47. The maximum absolute atomic E-state index is 11.6. The van der Waals surface area contributed by atoms with Crippen LogP contribution in [0.25, 0.3) is 0 Å². The van der Waals surface area contributed by atoms with Crippen molar-refractivity contribution < 1.29 is 4.79 Å². The Kier molecular flexibility index (Phi) is 3.89. The molecule has 0 amide bonds. The summed E-state index contributed by atoms with van der Waals surface area (Å²) in [4.78, 5) is 11.6. The van der Waals surface area contributed by atoms with Crippen LogP contribution in [0.4, 0.5) is 0 Å². The third kappa shape index (κ3) is 3.22. The fourth-order valence-corrected chi connectivity index (χ4v) is 2.71. The van der Waals surface area contributed by atoms with Crippen molar-refractivity contribution in [3.63, 3.8) is 0 Å². The predicted octanol–water partition coefficient (Wildman–Crippen LogP) is 4.29. The first-order valence-corrected chi connectivity index (χ1v) is 7.09. The van der Waals surface area contributed by atoms with Crippen molar-refractivity contribution in [2.24, 2.45) is 5.92 Å². The summed E-state index contributed by atoms with van der Waals surface area (Å²) in [6.07, 6.45) is 5.10. The molecular formula is C17H24O. The lowest BCUT2D eigenvalue weighted by Crippen LogP contribution is -2.11. The van der Waals surface area contributed by atoms with E-state index >= 15 is 0 Å². The third-order valence-corrected chi connectivity index (χ3v) is 4.03. The molecule has 1 aromatic rings. The van der Waals surface area contributed by atoms with Gasteiger partial charge in [0.2, 0.25) is 0 Å². The maximum Gasteiger partial charge on any atom is 0.135 e. The van der Waals surface area contributed by atoms with E-state index in [0.717, 1.165) is 32.1 Å². The molecule has 1 aromatic carbocycles. The maximum atomic E-state index is 11.6. The van der Waals surface area contributed by atoms with Crippen LogP contribution in [0.3, 0.4) is 0 Å². The number of ketones is 1. The molecule has 1 fully saturated rings. The number of benzene rings is 1. The number of Topliss-reactive ketones (excluding diaryl/α,β-unsaturated/α-hetero) is 1. The summed E-state index contributed by atoms with van der Waals surface area (Å²) in [5.74, 6) is 0.827. The Hall–Kier alpha value is -1.11. The lowest BCUT2D eigenvalue weighted by atomic mass is 9.86. The van der Waals surface area contributed by atoms with Gasteiger partial charge in [0.1, 0.15) is 5.78 Å². The second-order valence-electron chi connectivity index (χ2n) is 6.54. The summed E-state index contributed by atoms with van der Waals surface area (Å²) in [5, 5.41) is 0. The van der Waals surface area contributed by atoms with E-state index in [1.807, 2.05) is 0 Å². The van der Waals surface area contributed by atoms with Gasteiger partial charge < -0.3 is 0 Å². The molecule has 0 spiro atoms. The Labute approximate surface area is 111 Å². The van der Waals surface area contributed by atoms with E-state index in [-0.39, 0.29) is 5.41 Å². The molecule has 1 aliphatic rings. The van der Waals surface area contributed by atoms with Crippen LogP contribution >= 0.6 is 0 Å². The van der Waals surface area contributed by atoms with Crippen LogP contribution in [0.1, 0.15) is 57.6 Å². The highest BCUT2D eigenvalue weighted by Crippen LogP contribution is 2.27. The molecule has 0 aromatic heterocycles. The molecule has 1 atom stereocenters. The van der Waals surface area contributed by atoms with Gasteiger partial charge in [-0.2, -0.15) is 0 Å². The van der Waals surface area contributed by atoms with E-state index in [1.54, 1.807) is 0 Å². The first-order valence-electron chi connectivity index (χ1n) is 7.09. The van der Waals surface area contributed by atoms with Crippen LogP contribution in [0, 0.1) is 5.92 Å². The number of hydrogen-bond donors (Lipinski definition) is 0. The van der Waals surface area contributed by atoms with Gasteiger partial charge in [-0.3, -0.25) is 4.79 Å². The number of hydrogen-bond acceptors (Lipinski definition) is 1. The van der Waals surface area contributed by atoms with Crippen molar-refractivity contribution in [3.8, 4) is 0 Å². The molecule has 1 unspecified atom stereocenters. The summed E-state index contributed by atoms with van der Waals surface area (Å²) >= 11 is 0. The Morgan fingerprint density at radius 1 is 1.17 bits per heavy atom. The monoisotopic (exact) mass is 244 g/mol. The third-order valence-electron chi connectivity index (χ3n) is 4.03. The highest BCUT2D eigenvalue weighted by atomic mass is 16.1. The smallest absolute Gasteiger partial charge is 0.135 e. The molecule has 1 saturated carbocycles. The highest BCUT2D eigenvalue weighted by molar-refractivity contribution is 5.82. The molecule has 2 rings (SSSR count). The van der Waals surface area contributed by atoms with Crippen molar-refractivity contribution >= 4 is 5.78 Å². The molecule has 1 nitrogen and oxygen atoms in total. The second kappa shape index (κ2) is 5.26. The summed E-state index contributed by atoms with van der Waals surface area (Å²) in [6, 6.07) is 8.90. The molecule has 98 valence electrons. The van der Waals surface area contributed by atoms with Crippen LogP contribution in [-0.4, -0.2) is 5.78 Å². The zero-order valence-electron chi connectivity index (χ0n) is 11.8. The van der Waals surface area contributed by atoms with Crippen molar-refractivity contribution in [3.05, 3.63) is 35.4 Å². The van der Waals surface area contributed by atoms with Crippen LogP contribution in [0.15, 0.2) is 24.3 Å². The SMILES string of the molecule is CC(C)(C)c1ccc(CCC2CCCC2=O)cc1. The average Bonchev–Trinajstić information content (AvgIpc) is 2.72. The Bertz CT molecular complexity index is 408. The van der Waals surface area contributed by atoms with Gasteiger partial charge in [0.05, 0.1) is 0 Å². The van der Waals surface area contributed by atoms with Gasteiger partial charge in [-0.15, -0.1) is 0 Å². The summed E-state index contributed by atoms with van der Waals surface area (Å²) in [6.45, 7) is 6.71. The zero-order chi connectivity index (χ0) is 13.2. The molecule has 18 heavy (non-hydrogen) atoms. The Balaban J connectivity index is 1.92. The summed E-state index contributed by atoms with van der Waals surface area (Å²) < 4.78 is 0. The van der Waals surface area contributed by atoms with Gasteiger partial charge >= 0.3 is 0 Å². The van der Waals surface area contributed by atoms with E-state index in [1.165, 1.54) is 11.1 Å². The van der Waals surface area contributed by atoms with Gasteiger partial charge in [-0.25, -0.2) is 0 Å². The van der Waals surface area contributed by atoms with Gasteiger partial charge in [0.15, 0.2) is 0 Å². The van der Waals surface area contributed by atoms with E-state index in [2.05, 4.69) is 45.0 Å². The van der Waals surface area contributed by atoms with Crippen molar-refractivity contribution in [1.82, 2.24) is 0 Å². The quantitative estimate of drug-likeness (QED) is 0.775.